The van der Waals surface area contributed by atoms with Crippen molar-refractivity contribution in [1.82, 2.24) is 10.0 Å². The highest BCUT2D eigenvalue weighted by Crippen LogP contribution is 2.34. The first kappa shape index (κ1) is 22.3. The molecule has 4 amide bonds. The Balaban J connectivity index is 0.000000665. The number of carbonyl (C=O) groups excluding carboxylic acids is 4. The van der Waals surface area contributed by atoms with Gasteiger partial charge in [-0.25, -0.2) is 0 Å². The standard InChI is InChI=1S/C14H11FN2O5.C3H8.C2H6/c1-22-9-4-2-3-7-11(9)14(21)16(12(7)19)8-5-6-10(18)17(15)13(8)20;1-3-2;1-2/h2-4,8H,5-6H2,1H3;3H2,1-2H3;1-2H3. The van der Waals surface area contributed by atoms with Crippen LogP contribution >= 0.6 is 0 Å². The van der Waals surface area contributed by atoms with E-state index in [1.54, 1.807) is 6.07 Å². The molecule has 7 nitrogen and oxygen atoms in total. The summed E-state index contributed by atoms with van der Waals surface area (Å²) in [6.07, 6.45) is 0.906. The number of imide groups is 2. The third-order valence-corrected chi connectivity index (χ3v) is 3.77. The zero-order valence-electron chi connectivity index (χ0n) is 16.2. The minimum Gasteiger partial charge on any atom is -0.496 e. The lowest BCUT2D eigenvalue weighted by Gasteiger charge is -2.29. The van der Waals surface area contributed by atoms with Crippen LogP contribution in [0.4, 0.5) is 4.48 Å². The number of methoxy groups -OCH3 is 1. The van der Waals surface area contributed by atoms with Gasteiger partial charge in [-0.1, -0.05) is 44.7 Å². The van der Waals surface area contributed by atoms with E-state index in [2.05, 4.69) is 13.8 Å². The van der Waals surface area contributed by atoms with Crippen molar-refractivity contribution in [1.29, 1.82) is 0 Å². The van der Waals surface area contributed by atoms with E-state index in [4.69, 9.17) is 4.74 Å². The summed E-state index contributed by atoms with van der Waals surface area (Å²) in [6, 6.07) is 3.17. The molecule has 3 rings (SSSR count). The highest BCUT2D eigenvalue weighted by Gasteiger charge is 2.48. The Morgan fingerprint density at radius 2 is 1.70 bits per heavy atom. The third-order valence-electron chi connectivity index (χ3n) is 3.77. The lowest BCUT2D eigenvalue weighted by atomic mass is 10.0. The molecule has 27 heavy (non-hydrogen) atoms. The van der Waals surface area contributed by atoms with Crippen LogP contribution in [-0.4, -0.2) is 46.8 Å². The van der Waals surface area contributed by atoms with E-state index < -0.39 is 34.8 Å². The molecule has 8 heteroatoms. The smallest absolute Gasteiger partial charge is 0.281 e. The summed E-state index contributed by atoms with van der Waals surface area (Å²) in [4.78, 5) is 48.6. The molecule has 0 saturated carbocycles. The van der Waals surface area contributed by atoms with Crippen molar-refractivity contribution in [3.05, 3.63) is 29.3 Å². The number of nitrogens with zero attached hydrogens (tertiary/aromatic N) is 2. The molecule has 0 N–H and O–H groups in total. The average molecular weight is 380 g/mol. The minimum atomic E-state index is -1.32. The molecule has 0 aliphatic carbocycles. The maximum absolute atomic E-state index is 13.5. The quantitative estimate of drug-likeness (QED) is 0.581. The fourth-order valence-electron chi connectivity index (χ4n) is 2.70. The van der Waals surface area contributed by atoms with Crippen LogP contribution in [0.2, 0.25) is 0 Å². The number of halogens is 1. The summed E-state index contributed by atoms with van der Waals surface area (Å²) in [5.74, 6) is -3.39. The zero-order valence-corrected chi connectivity index (χ0v) is 16.2. The number of benzene rings is 1. The van der Waals surface area contributed by atoms with E-state index >= 15 is 0 Å². The molecule has 1 fully saturated rings. The maximum atomic E-state index is 13.5. The Kier molecular flexibility index (Phi) is 8.08. The second kappa shape index (κ2) is 9.80. The summed E-state index contributed by atoms with van der Waals surface area (Å²) < 4.78 is 18.5. The molecule has 0 bridgehead atoms. The van der Waals surface area contributed by atoms with Crippen LogP contribution in [-0.2, 0) is 9.59 Å². The fourth-order valence-corrected chi connectivity index (χ4v) is 2.70. The number of fused-ring (bicyclic) bond motifs is 1. The van der Waals surface area contributed by atoms with Crippen LogP contribution in [0.1, 0.15) is 67.7 Å². The minimum absolute atomic E-state index is 0.0464. The summed E-state index contributed by atoms with van der Waals surface area (Å²) in [7, 11) is 1.35. The van der Waals surface area contributed by atoms with Gasteiger partial charge >= 0.3 is 0 Å². The second-order valence-corrected chi connectivity index (χ2v) is 5.64. The summed E-state index contributed by atoms with van der Waals surface area (Å²) >= 11 is 0. The van der Waals surface area contributed by atoms with E-state index in [9.17, 15) is 23.7 Å². The summed E-state index contributed by atoms with van der Waals surface area (Å²) in [6.45, 7) is 8.25. The maximum Gasteiger partial charge on any atom is 0.281 e. The van der Waals surface area contributed by atoms with Crippen molar-refractivity contribution in [3.63, 3.8) is 0 Å². The molecule has 2 aliphatic heterocycles. The molecule has 1 unspecified atom stereocenters. The van der Waals surface area contributed by atoms with Crippen molar-refractivity contribution < 1.29 is 28.4 Å². The molecule has 1 aromatic rings. The Morgan fingerprint density at radius 1 is 1.11 bits per heavy atom. The average Bonchev–Trinajstić information content (AvgIpc) is 2.93. The zero-order chi connectivity index (χ0) is 20.7. The molecule has 2 heterocycles. The number of rotatable bonds is 2. The molecular weight excluding hydrogens is 355 g/mol. The second-order valence-electron chi connectivity index (χ2n) is 5.64. The van der Waals surface area contributed by atoms with E-state index in [0.29, 0.717) is 4.90 Å². The number of hydrogen-bond acceptors (Lipinski definition) is 5. The van der Waals surface area contributed by atoms with Crippen LogP contribution in [0.3, 0.4) is 0 Å². The Hall–Kier alpha value is -2.77. The van der Waals surface area contributed by atoms with Gasteiger partial charge in [0.05, 0.1) is 18.2 Å². The van der Waals surface area contributed by atoms with Crippen LogP contribution in [0.25, 0.3) is 0 Å². The Bertz CT molecular complexity index is 735. The normalized spacial score (nSPS) is 18.4. The van der Waals surface area contributed by atoms with Gasteiger partial charge in [0.2, 0.25) is 0 Å². The van der Waals surface area contributed by atoms with Gasteiger partial charge in [0.25, 0.3) is 23.6 Å². The lowest BCUT2D eigenvalue weighted by molar-refractivity contribution is -0.169. The highest BCUT2D eigenvalue weighted by atomic mass is 19.2. The van der Waals surface area contributed by atoms with Gasteiger partial charge in [-0.05, 0) is 18.6 Å². The molecule has 2 aliphatic rings. The van der Waals surface area contributed by atoms with Gasteiger partial charge in [-0.15, -0.1) is 5.12 Å². The predicted molar refractivity (Wildman–Crippen MR) is 96.8 cm³/mol. The Labute approximate surface area is 158 Å². The van der Waals surface area contributed by atoms with Gasteiger partial charge in [0.15, 0.2) is 0 Å². The van der Waals surface area contributed by atoms with Crippen LogP contribution < -0.4 is 4.74 Å². The highest BCUT2D eigenvalue weighted by molar-refractivity contribution is 6.24. The number of carbonyl (C=O) groups is 4. The SMILES string of the molecule is CC.CCC.COc1cccc2c1C(=O)N(C1CCC(=O)N(F)C1=O)C2=O. The van der Waals surface area contributed by atoms with Gasteiger partial charge in [0.1, 0.15) is 11.8 Å². The van der Waals surface area contributed by atoms with E-state index in [0.717, 1.165) is 0 Å². The van der Waals surface area contributed by atoms with Crippen molar-refractivity contribution in [3.8, 4) is 5.75 Å². The molecule has 0 radical (unpaired) electrons. The van der Waals surface area contributed by atoms with Gasteiger partial charge in [-0.2, -0.15) is 0 Å². The van der Waals surface area contributed by atoms with E-state index in [-0.39, 0.29) is 29.7 Å². The molecule has 1 saturated heterocycles. The first-order chi connectivity index (χ1) is 12.9. The van der Waals surface area contributed by atoms with Crippen molar-refractivity contribution >= 4 is 23.6 Å². The van der Waals surface area contributed by atoms with Gasteiger partial charge in [0, 0.05) is 6.42 Å². The number of hydrogen-bond donors (Lipinski definition) is 0. The predicted octanol–water partition coefficient (Wildman–Crippen LogP) is 3.14. The van der Waals surface area contributed by atoms with E-state index in [1.165, 1.54) is 25.7 Å². The van der Waals surface area contributed by atoms with Crippen LogP contribution in [0.5, 0.6) is 5.75 Å². The van der Waals surface area contributed by atoms with Crippen molar-refractivity contribution in [2.45, 2.75) is 53.0 Å². The molecular formula is C19H25FN2O5. The van der Waals surface area contributed by atoms with Crippen LogP contribution in [0.15, 0.2) is 18.2 Å². The van der Waals surface area contributed by atoms with E-state index in [1.807, 2.05) is 13.8 Å². The molecule has 0 spiro atoms. The first-order valence-electron chi connectivity index (χ1n) is 8.96. The van der Waals surface area contributed by atoms with Gasteiger partial charge < -0.3 is 4.74 Å². The van der Waals surface area contributed by atoms with Crippen LogP contribution in [0, 0.1) is 0 Å². The third kappa shape index (κ3) is 4.15. The number of amides is 4. The monoisotopic (exact) mass is 380 g/mol. The topological polar surface area (TPSA) is 84.0 Å². The lowest BCUT2D eigenvalue weighted by Crippen LogP contribution is -2.53. The summed E-state index contributed by atoms with van der Waals surface area (Å²) in [5, 5.41) is -0.533. The molecule has 148 valence electrons. The first-order valence-corrected chi connectivity index (χ1v) is 8.96. The number of ether oxygens (including phenoxy) is 1. The Morgan fingerprint density at radius 3 is 2.26 bits per heavy atom. The molecule has 0 aromatic heterocycles. The van der Waals surface area contributed by atoms with Crippen molar-refractivity contribution in [2.75, 3.05) is 7.11 Å². The molecule has 1 aromatic carbocycles. The summed E-state index contributed by atoms with van der Waals surface area (Å²) in [5.41, 5.74) is 0.143. The largest absolute Gasteiger partial charge is 0.496 e. The molecule has 1 atom stereocenters. The fraction of sp³-hybridized carbons (Fsp3) is 0.474. The number of piperidine rings is 1. The van der Waals surface area contributed by atoms with Gasteiger partial charge in [-0.3, -0.25) is 24.1 Å². The van der Waals surface area contributed by atoms with Crippen molar-refractivity contribution in [2.24, 2.45) is 0 Å².